The summed E-state index contributed by atoms with van der Waals surface area (Å²) in [6.07, 6.45) is 3.87. The Balaban J connectivity index is 1.36. The van der Waals surface area contributed by atoms with E-state index in [4.69, 9.17) is 19.7 Å². The van der Waals surface area contributed by atoms with Gasteiger partial charge in [0.1, 0.15) is 0 Å². The van der Waals surface area contributed by atoms with Gasteiger partial charge < -0.3 is 14.7 Å². The van der Waals surface area contributed by atoms with Crippen molar-refractivity contribution >= 4 is 40.1 Å². The molecule has 0 bridgehead atoms. The highest BCUT2D eigenvalue weighted by molar-refractivity contribution is 7.98. The summed E-state index contributed by atoms with van der Waals surface area (Å²) in [7, 11) is 0. The van der Waals surface area contributed by atoms with Crippen molar-refractivity contribution in [2.75, 3.05) is 31.2 Å². The molecule has 0 atom stereocenters. The van der Waals surface area contributed by atoms with Crippen molar-refractivity contribution in [2.24, 2.45) is 0 Å². The molecule has 0 aliphatic carbocycles. The summed E-state index contributed by atoms with van der Waals surface area (Å²) in [6.45, 7) is 2.83. The van der Waals surface area contributed by atoms with Crippen LogP contribution in [0.3, 0.4) is 0 Å². The molecule has 5 aromatic rings. The number of imidazole rings is 1. The molecule has 1 aliphatic rings. The number of benzene rings is 2. The first kappa shape index (κ1) is 22.5. The Labute approximate surface area is 211 Å². The summed E-state index contributed by atoms with van der Waals surface area (Å²) in [5.41, 5.74) is 4.65. The van der Waals surface area contributed by atoms with Crippen LogP contribution < -0.4 is 4.90 Å². The third-order valence-electron chi connectivity index (χ3n) is 6.20. The Morgan fingerprint density at radius 2 is 1.81 bits per heavy atom. The molecule has 2 aromatic carbocycles. The monoisotopic (exact) mass is 497 g/mol. The number of pyridine rings is 1. The van der Waals surface area contributed by atoms with Gasteiger partial charge in [0.25, 0.3) is 0 Å². The van der Waals surface area contributed by atoms with Gasteiger partial charge in [-0.2, -0.15) is 0 Å². The molecule has 1 fully saturated rings. The lowest BCUT2D eigenvalue weighted by atomic mass is 10.1. The van der Waals surface area contributed by atoms with Crippen molar-refractivity contribution < 1.29 is 14.6 Å². The molecule has 0 spiro atoms. The quantitative estimate of drug-likeness (QED) is 0.335. The molecular formula is C27H23N5O3S. The van der Waals surface area contributed by atoms with Gasteiger partial charge in [0, 0.05) is 36.0 Å². The van der Waals surface area contributed by atoms with Crippen LogP contribution in [0, 0.1) is 0 Å². The average Bonchev–Trinajstić information content (AvgIpc) is 3.36. The number of carbonyl (C=O) groups is 1. The second kappa shape index (κ2) is 9.60. The number of morpholine rings is 1. The first-order valence-corrected chi connectivity index (χ1v) is 12.7. The van der Waals surface area contributed by atoms with Crippen molar-refractivity contribution in [1.82, 2.24) is 19.4 Å². The highest BCUT2D eigenvalue weighted by atomic mass is 32.2. The number of aromatic nitrogens is 4. The number of nitrogens with zero attached hydrogens (tertiary/aromatic N) is 5. The fourth-order valence-electron chi connectivity index (χ4n) is 4.35. The Hall–Kier alpha value is -3.95. The lowest BCUT2D eigenvalue weighted by Crippen LogP contribution is -2.37. The summed E-state index contributed by atoms with van der Waals surface area (Å²) in [6, 6.07) is 19.1. The van der Waals surface area contributed by atoms with Crippen LogP contribution in [0.1, 0.15) is 16.1 Å². The maximum atomic E-state index is 11.3. The zero-order chi connectivity index (χ0) is 24.5. The maximum absolute atomic E-state index is 11.3. The summed E-state index contributed by atoms with van der Waals surface area (Å²) in [4.78, 5) is 28.0. The van der Waals surface area contributed by atoms with Crippen LogP contribution in [0.15, 0.2) is 78.1 Å². The highest BCUT2D eigenvalue weighted by Crippen LogP contribution is 2.29. The van der Waals surface area contributed by atoms with E-state index in [0.29, 0.717) is 19.0 Å². The number of thioether (sulfide) groups is 1. The molecule has 9 heteroatoms. The molecule has 3 aromatic heterocycles. The van der Waals surface area contributed by atoms with Crippen molar-refractivity contribution in [1.29, 1.82) is 0 Å². The number of aromatic carboxylic acids is 1. The summed E-state index contributed by atoms with van der Waals surface area (Å²) in [5.74, 6) is 0.536. The van der Waals surface area contributed by atoms with Crippen molar-refractivity contribution in [2.45, 2.75) is 10.8 Å². The van der Waals surface area contributed by atoms with E-state index in [1.807, 2.05) is 48.8 Å². The number of carboxylic acids is 1. The number of anilines is 1. The van der Waals surface area contributed by atoms with E-state index in [1.165, 1.54) is 0 Å². The first-order valence-electron chi connectivity index (χ1n) is 11.7. The fraction of sp³-hybridized carbons (Fsp3) is 0.185. The second-order valence-corrected chi connectivity index (χ2v) is 9.50. The van der Waals surface area contributed by atoms with Crippen LogP contribution in [-0.4, -0.2) is 56.7 Å². The number of hydrogen-bond donors (Lipinski definition) is 1. The van der Waals surface area contributed by atoms with E-state index in [9.17, 15) is 9.90 Å². The molecule has 1 aliphatic heterocycles. The summed E-state index contributed by atoms with van der Waals surface area (Å²) in [5, 5.41) is 11.3. The molecule has 1 N–H and O–H groups in total. The van der Waals surface area contributed by atoms with Gasteiger partial charge in [-0.15, -0.1) is 0 Å². The first-order chi connectivity index (χ1) is 17.7. The van der Waals surface area contributed by atoms with Crippen molar-refractivity contribution in [3.63, 3.8) is 0 Å². The van der Waals surface area contributed by atoms with Gasteiger partial charge in [-0.25, -0.2) is 19.7 Å². The Bertz CT molecular complexity index is 1560. The van der Waals surface area contributed by atoms with Crippen LogP contribution in [0.25, 0.3) is 27.8 Å². The Kier molecular flexibility index (Phi) is 6.00. The molecule has 0 radical (unpaired) electrons. The minimum atomic E-state index is -0.947. The zero-order valence-electron chi connectivity index (χ0n) is 19.4. The molecule has 1 saturated heterocycles. The number of para-hydroxylation sites is 1. The van der Waals surface area contributed by atoms with Gasteiger partial charge in [0.05, 0.1) is 46.9 Å². The van der Waals surface area contributed by atoms with Gasteiger partial charge >= 0.3 is 5.97 Å². The van der Waals surface area contributed by atoms with E-state index in [-0.39, 0.29) is 5.56 Å². The lowest BCUT2D eigenvalue weighted by Gasteiger charge is -2.28. The zero-order valence-corrected chi connectivity index (χ0v) is 20.2. The molecular weight excluding hydrogens is 474 g/mol. The Morgan fingerprint density at radius 3 is 2.61 bits per heavy atom. The van der Waals surface area contributed by atoms with Crippen molar-refractivity contribution in [3.8, 4) is 11.3 Å². The normalized spacial score (nSPS) is 13.9. The Morgan fingerprint density at radius 1 is 1.00 bits per heavy atom. The van der Waals surface area contributed by atoms with E-state index < -0.39 is 5.97 Å². The number of hydrogen-bond acceptors (Lipinski definition) is 7. The van der Waals surface area contributed by atoms with Crippen LogP contribution in [0.4, 0.5) is 5.82 Å². The third-order valence-corrected chi connectivity index (χ3v) is 7.17. The third kappa shape index (κ3) is 4.38. The van der Waals surface area contributed by atoms with Gasteiger partial charge in [0.15, 0.2) is 11.5 Å². The van der Waals surface area contributed by atoms with E-state index in [2.05, 4.69) is 21.4 Å². The number of rotatable bonds is 6. The molecule has 36 heavy (non-hydrogen) atoms. The van der Waals surface area contributed by atoms with E-state index in [1.54, 1.807) is 23.9 Å². The lowest BCUT2D eigenvalue weighted by molar-refractivity contribution is 0.0697. The largest absolute Gasteiger partial charge is 0.478 e. The minimum Gasteiger partial charge on any atom is -0.478 e. The minimum absolute atomic E-state index is 0.249. The van der Waals surface area contributed by atoms with Crippen LogP contribution >= 0.6 is 11.8 Å². The molecule has 4 heterocycles. The van der Waals surface area contributed by atoms with Gasteiger partial charge in [-0.05, 0) is 24.3 Å². The van der Waals surface area contributed by atoms with Gasteiger partial charge in [0.2, 0.25) is 0 Å². The molecule has 0 amide bonds. The van der Waals surface area contributed by atoms with E-state index in [0.717, 1.165) is 57.4 Å². The topological polar surface area (TPSA) is 92.8 Å². The SMILES string of the molecule is O=C(O)c1ccc(-c2cnc(N3CCOCC3)c3nc(CSc4ccc5ccccc5n4)cn23)cc1. The molecule has 6 rings (SSSR count). The van der Waals surface area contributed by atoms with Gasteiger partial charge in [-0.3, -0.25) is 4.40 Å². The number of fused-ring (bicyclic) bond motifs is 2. The smallest absolute Gasteiger partial charge is 0.335 e. The average molecular weight is 498 g/mol. The van der Waals surface area contributed by atoms with Crippen LogP contribution in [0.2, 0.25) is 0 Å². The molecule has 8 nitrogen and oxygen atoms in total. The van der Waals surface area contributed by atoms with Crippen molar-refractivity contribution in [3.05, 3.63) is 84.3 Å². The van der Waals surface area contributed by atoms with Crippen LogP contribution in [0.5, 0.6) is 0 Å². The number of carboxylic acid groups (broad SMARTS) is 1. The molecule has 0 saturated carbocycles. The molecule has 0 unspecified atom stereocenters. The van der Waals surface area contributed by atoms with Gasteiger partial charge in [-0.1, -0.05) is 48.2 Å². The second-order valence-electron chi connectivity index (χ2n) is 8.51. The maximum Gasteiger partial charge on any atom is 0.335 e. The number of ether oxygens (including phenoxy) is 1. The standard InChI is InChI=1S/C27H23N5O3S/c33-27(34)20-7-5-19(6-8-20)23-15-28-25(31-11-13-35-14-12-31)26-29-21(16-32(23)26)17-36-24-10-9-18-3-1-2-4-22(18)30-24/h1-10,15-16H,11-14,17H2,(H,33,34). The summed E-state index contributed by atoms with van der Waals surface area (Å²) >= 11 is 1.65. The van der Waals surface area contributed by atoms with Crippen LogP contribution in [-0.2, 0) is 10.5 Å². The summed E-state index contributed by atoms with van der Waals surface area (Å²) < 4.78 is 7.58. The highest BCUT2D eigenvalue weighted by Gasteiger charge is 2.20. The van der Waals surface area contributed by atoms with E-state index >= 15 is 0 Å². The molecule has 180 valence electrons. The predicted octanol–water partition coefficient (Wildman–Crippen LogP) is 4.77. The predicted molar refractivity (Wildman–Crippen MR) is 140 cm³/mol. The fourth-order valence-corrected chi connectivity index (χ4v) is 5.12.